The van der Waals surface area contributed by atoms with Gasteiger partial charge >= 0.3 is 0 Å². The van der Waals surface area contributed by atoms with Crippen LogP contribution < -0.4 is 5.32 Å². The average Bonchev–Trinajstić information content (AvgIpc) is 3.11. The summed E-state index contributed by atoms with van der Waals surface area (Å²) in [6.07, 6.45) is 1.80. The molecule has 6 heteroatoms. The highest BCUT2D eigenvalue weighted by Gasteiger charge is 2.15. The van der Waals surface area contributed by atoms with Crippen LogP contribution in [0.15, 0.2) is 64.5 Å². The van der Waals surface area contributed by atoms with Crippen molar-refractivity contribution in [2.75, 3.05) is 5.32 Å². The fourth-order valence-electron chi connectivity index (χ4n) is 2.29. The summed E-state index contributed by atoms with van der Waals surface area (Å²) in [6, 6.07) is 16.9. The first-order valence-corrected chi connectivity index (χ1v) is 9.75. The predicted octanol–water partition coefficient (Wildman–Crippen LogP) is 5.54. The van der Waals surface area contributed by atoms with Gasteiger partial charge in [-0.25, -0.2) is 4.98 Å². The van der Waals surface area contributed by atoms with Gasteiger partial charge in [-0.1, -0.05) is 49.9 Å². The highest BCUT2D eigenvalue weighted by molar-refractivity contribution is 7.99. The van der Waals surface area contributed by atoms with Crippen LogP contribution in [-0.4, -0.2) is 10.9 Å². The molecule has 26 heavy (non-hydrogen) atoms. The van der Waals surface area contributed by atoms with Crippen molar-refractivity contribution in [1.29, 1.82) is 5.26 Å². The Bertz CT molecular complexity index is 973. The Balaban J connectivity index is 1.84. The van der Waals surface area contributed by atoms with Crippen molar-refractivity contribution in [3.05, 3.63) is 70.7 Å². The minimum atomic E-state index is -0.202. The molecule has 0 saturated carbocycles. The monoisotopic (exact) mass is 379 g/mol. The molecule has 1 amide bonds. The standard InChI is InChI=1S/C20H17N3OS2/c1-13(2)18-12-22-20(26-18)23-19(24)15-8-4-6-10-17(15)25-16-9-5-3-7-14(16)11-21/h3-10,12-13H,1-2H3,(H,22,23,24). The predicted molar refractivity (Wildman–Crippen MR) is 106 cm³/mol. The van der Waals surface area contributed by atoms with Crippen molar-refractivity contribution in [1.82, 2.24) is 4.98 Å². The van der Waals surface area contributed by atoms with Gasteiger partial charge < -0.3 is 0 Å². The van der Waals surface area contributed by atoms with E-state index in [1.54, 1.807) is 18.3 Å². The number of aromatic nitrogens is 1. The third-order valence-electron chi connectivity index (χ3n) is 3.67. The Kier molecular flexibility index (Phi) is 5.71. The van der Waals surface area contributed by atoms with Crippen molar-refractivity contribution in [2.45, 2.75) is 29.6 Å². The normalized spacial score (nSPS) is 10.5. The molecule has 0 aliphatic carbocycles. The maximum Gasteiger partial charge on any atom is 0.258 e. The number of carbonyl (C=O) groups excluding carboxylic acids is 1. The van der Waals surface area contributed by atoms with E-state index < -0.39 is 0 Å². The van der Waals surface area contributed by atoms with Crippen LogP contribution in [0.1, 0.15) is 40.6 Å². The quantitative estimate of drug-likeness (QED) is 0.632. The molecule has 0 unspecified atom stereocenters. The lowest BCUT2D eigenvalue weighted by Gasteiger charge is -2.09. The molecule has 3 rings (SSSR count). The highest BCUT2D eigenvalue weighted by Crippen LogP contribution is 2.33. The Hall–Kier alpha value is -2.62. The van der Waals surface area contributed by atoms with E-state index in [4.69, 9.17) is 0 Å². The van der Waals surface area contributed by atoms with E-state index in [1.807, 2.05) is 36.4 Å². The van der Waals surface area contributed by atoms with Gasteiger partial charge in [0.05, 0.1) is 11.1 Å². The second-order valence-electron chi connectivity index (χ2n) is 5.88. The Morgan fingerprint density at radius 3 is 2.54 bits per heavy atom. The van der Waals surface area contributed by atoms with Crippen LogP contribution >= 0.6 is 23.1 Å². The van der Waals surface area contributed by atoms with E-state index in [0.29, 0.717) is 22.2 Å². The van der Waals surface area contributed by atoms with E-state index in [9.17, 15) is 10.1 Å². The molecule has 0 radical (unpaired) electrons. The van der Waals surface area contributed by atoms with Crippen LogP contribution in [0, 0.1) is 11.3 Å². The zero-order chi connectivity index (χ0) is 18.5. The van der Waals surface area contributed by atoms with Crippen LogP contribution in [0.3, 0.4) is 0 Å². The molecule has 0 atom stereocenters. The second-order valence-corrected chi connectivity index (χ2v) is 8.03. The summed E-state index contributed by atoms with van der Waals surface area (Å²) in [5.74, 6) is 0.177. The van der Waals surface area contributed by atoms with Crippen LogP contribution in [0.5, 0.6) is 0 Å². The Morgan fingerprint density at radius 2 is 1.85 bits per heavy atom. The molecule has 0 aliphatic rings. The number of benzene rings is 2. The summed E-state index contributed by atoms with van der Waals surface area (Å²) in [4.78, 5) is 19.8. The molecule has 1 aromatic heterocycles. The smallest absolute Gasteiger partial charge is 0.258 e. The Morgan fingerprint density at radius 1 is 1.15 bits per heavy atom. The lowest BCUT2D eigenvalue weighted by Crippen LogP contribution is -2.12. The molecular formula is C20H17N3OS2. The fourth-order valence-corrected chi connectivity index (χ4v) is 4.12. The van der Waals surface area contributed by atoms with Crippen molar-refractivity contribution < 1.29 is 4.79 Å². The molecule has 130 valence electrons. The van der Waals surface area contributed by atoms with Crippen molar-refractivity contribution >= 4 is 34.1 Å². The summed E-state index contributed by atoms with van der Waals surface area (Å²) in [7, 11) is 0. The maximum atomic E-state index is 12.7. The lowest BCUT2D eigenvalue weighted by molar-refractivity contribution is 0.102. The third kappa shape index (κ3) is 4.13. The zero-order valence-electron chi connectivity index (χ0n) is 14.4. The number of hydrogen-bond acceptors (Lipinski definition) is 5. The largest absolute Gasteiger partial charge is 0.298 e. The maximum absolute atomic E-state index is 12.7. The summed E-state index contributed by atoms with van der Waals surface area (Å²) in [6.45, 7) is 4.19. The van der Waals surface area contributed by atoms with Crippen LogP contribution in [0.2, 0.25) is 0 Å². The zero-order valence-corrected chi connectivity index (χ0v) is 16.0. The number of hydrogen-bond donors (Lipinski definition) is 1. The summed E-state index contributed by atoms with van der Waals surface area (Å²) in [5.41, 5.74) is 1.15. The lowest BCUT2D eigenvalue weighted by atomic mass is 10.2. The summed E-state index contributed by atoms with van der Waals surface area (Å²) < 4.78 is 0. The summed E-state index contributed by atoms with van der Waals surface area (Å²) in [5, 5.41) is 12.7. The number of rotatable bonds is 5. The molecule has 3 aromatic rings. The number of carbonyl (C=O) groups is 1. The number of amides is 1. The van der Waals surface area contributed by atoms with E-state index in [-0.39, 0.29) is 5.91 Å². The van der Waals surface area contributed by atoms with Gasteiger partial charge in [-0.05, 0) is 30.2 Å². The van der Waals surface area contributed by atoms with Gasteiger partial charge in [0.1, 0.15) is 6.07 Å². The fraction of sp³-hybridized carbons (Fsp3) is 0.150. The van der Waals surface area contributed by atoms with Gasteiger partial charge in [-0.15, -0.1) is 11.3 Å². The van der Waals surface area contributed by atoms with Crippen LogP contribution in [0.25, 0.3) is 0 Å². The molecule has 1 N–H and O–H groups in total. The molecule has 0 fully saturated rings. The minimum absolute atomic E-state index is 0.202. The SMILES string of the molecule is CC(C)c1cnc(NC(=O)c2ccccc2Sc2ccccc2C#N)s1. The Labute approximate surface area is 160 Å². The topological polar surface area (TPSA) is 65.8 Å². The van der Waals surface area contributed by atoms with Gasteiger partial charge in [0.2, 0.25) is 0 Å². The van der Waals surface area contributed by atoms with E-state index in [1.165, 1.54) is 23.1 Å². The molecule has 1 heterocycles. The van der Waals surface area contributed by atoms with E-state index in [2.05, 4.69) is 30.2 Å². The van der Waals surface area contributed by atoms with Crippen LogP contribution in [-0.2, 0) is 0 Å². The van der Waals surface area contributed by atoms with Gasteiger partial charge in [0.15, 0.2) is 5.13 Å². The van der Waals surface area contributed by atoms with Gasteiger partial charge in [-0.2, -0.15) is 5.26 Å². The van der Waals surface area contributed by atoms with Gasteiger partial charge in [0.25, 0.3) is 5.91 Å². The first-order valence-electron chi connectivity index (χ1n) is 8.11. The van der Waals surface area contributed by atoms with Crippen molar-refractivity contribution in [2.24, 2.45) is 0 Å². The van der Waals surface area contributed by atoms with E-state index >= 15 is 0 Å². The summed E-state index contributed by atoms with van der Waals surface area (Å²) >= 11 is 2.90. The molecule has 0 aliphatic heterocycles. The molecule has 2 aromatic carbocycles. The van der Waals surface area contributed by atoms with Crippen molar-refractivity contribution in [3.63, 3.8) is 0 Å². The molecule has 0 saturated heterocycles. The molecule has 0 bridgehead atoms. The first-order chi connectivity index (χ1) is 12.6. The third-order valence-corrected chi connectivity index (χ3v) is 6.04. The highest BCUT2D eigenvalue weighted by atomic mass is 32.2. The first kappa shape index (κ1) is 18.2. The minimum Gasteiger partial charge on any atom is -0.298 e. The number of nitrogens with zero attached hydrogens (tertiary/aromatic N) is 2. The van der Waals surface area contributed by atoms with E-state index in [0.717, 1.165) is 14.7 Å². The second kappa shape index (κ2) is 8.17. The molecule has 4 nitrogen and oxygen atoms in total. The van der Waals surface area contributed by atoms with Gasteiger partial charge in [0, 0.05) is 20.9 Å². The average molecular weight is 380 g/mol. The molecular weight excluding hydrogens is 362 g/mol. The number of nitriles is 1. The van der Waals surface area contributed by atoms with Crippen LogP contribution in [0.4, 0.5) is 5.13 Å². The number of anilines is 1. The number of nitrogens with one attached hydrogen (secondary N) is 1. The van der Waals surface area contributed by atoms with Gasteiger partial charge in [-0.3, -0.25) is 10.1 Å². The number of thiazole rings is 1. The van der Waals surface area contributed by atoms with Crippen molar-refractivity contribution in [3.8, 4) is 6.07 Å². The molecule has 0 spiro atoms.